The Morgan fingerprint density at radius 2 is 1.90 bits per heavy atom. The van der Waals surface area contributed by atoms with Crippen LogP contribution in [0, 0.1) is 0 Å². The van der Waals surface area contributed by atoms with Gasteiger partial charge in [0.15, 0.2) is 11.5 Å². The first-order valence-electron chi connectivity index (χ1n) is 9.30. The van der Waals surface area contributed by atoms with Crippen molar-refractivity contribution in [2.75, 3.05) is 27.2 Å². The van der Waals surface area contributed by atoms with Crippen LogP contribution in [-0.2, 0) is 9.59 Å². The highest BCUT2D eigenvalue weighted by Gasteiger charge is 2.42. The molecule has 2 aromatic rings. The van der Waals surface area contributed by atoms with Gasteiger partial charge in [0.25, 0.3) is 5.91 Å². The molecule has 1 heterocycles. The second-order valence-corrected chi connectivity index (χ2v) is 8.05. The molecule has 0 radical (unpaired) electrons. The van der Waals surface area contributed by atoms with Crippen molar-refractivity contribution in [2.45, 2.75) is 6.04 Å². The van der Waals surface area contributed by atoms with Crippen LogP contribution in [0.2, 0.25) is 0 Å². The fourth-order valence-corrected chi connectivity index (χ4v) is 3.71. The number of halogens is 1. The Morgan fingerprint density at radius 1 is 1.17 bits per heavy atom. The molecule has 3 rings (SSSR count). The molecule has 1 aliphatic heterocycles. The maximum atomic E-state index is 13.0. The third-order valence-electron chi connectivity index (χ3n) is 4.75. The Morgan fingerprint density at radius 3 is 2.55 bits per heavy atom. The number of ketones is 1. The van der Waals surface area contributed by atoms with Crippen LogP contribution in [0.1, 0.15) is 17.2 Å². The first-order valence-corrected chi connectivity index (χ1v) is 10.1. The summed E-state index contributed by atoms with van der Waals surface area (Å²) in [7, 11) is 3.83. The fraction of sp³-hybridized carbons (Fsp3) is 0.217. The van der Waals surface area contributed by atoms with Gasteiger partial charge in [-0.15, -0.1) is 0 Å². The number of amides is 1. The molecule has 1 aliphatic rings. The van der Waals surface area contributed by atoms with E-state index in [1.165, 1.54) is 6.08 Å². The molecular weight excluding hydrogens is 432 g/mol. The minimum atomic E-state index is -0.632. The van der Waals surface area contributed by atoms with Crippen LogP contribution in [0.15, 0.2) is 76.5 Å². The van der Waals surface area contributed by atoms with Crippen LogP contribution in [0.4, 0.5) is 0 Å². The number of aliphatic hydroxyl groups is 1. The standard InChI is InChI=1S/C23H23BrN2O3/c1-25(2)13-14-26-21(17-9-6-10-18(24)15-17)20(22(28)23(26)29)19(27)12-11-16-7-4-3-5-8-16/h3-12,15,21,28H,13-14H2,1-2H3. The predicted octanol–water partition coefficient (Wildman–Crippen LogP) is 3.99. The minimum absolute atomic E-state index is 0.110. The molecule has 0 saturated heterocycles. The second kappa shape index (κ2) is 9.20. The summed E-state index contributed by atoms with van der Waals surface area (Å²) in [5, 5.41) is 10.6. The Bertz CT molecular complexity index is 967. The SMILES string of the molecule is CN(C)CCN1C(=O)C(O)=C(C(=O)C=Cc2ccccc2)C1c1cccc(Br)c1. The van der Waals surface area contributed by atoms with Crippen molar-refractivity contribution in [3.8, 4) is 0 Å². The summed E-state index contributed by atoms with van der Waals surface area (Å²) in [5.74, 6) is -1.37. The van der Waals surface area contributed by atoms with Crippen LogP contribution in [0.3, 0.4) is 0 Å². The van der Waals surface area contributed by atoms with E-state index in [9.17, 15) is 14.7 Å². The molecule has 0 fully saturated rings. The summed E-state index contributed by atoms with van der Waals surface area (Å²) in [4.78, 5) is 29.3. The molecule has 5 nitrogen and oxygen atoms in total. The number of carbonyl (C=O) groups is 2. The molecule has 0 aliphatic carbocycles. The smallest absolute Gasteiger partial charge is 0.290 e. The van der Waals surface area contributed by atoms with Crippen molar-refractivity contribution in [1.82, 2.24) is 9.80 Å². The molecule has 6 heteroatoms. The van der Waals surface area contributed by atoms with Gasteiger partial charge < -0.3 is 14.9 Å². The minimum Gasteiger partial charge on any atom is -0.503 e. The molecule has 0 spiro atoms. The molecule has 1 N–H and O–H groups in total. The number of carbonyl (C=O) groups excluding carboxylic acids is 2. The zero-order chi connectivity index (χ0) is 21.0. The molecule has 29 heavy (non-hydrogen) atoms. The number of nitrogens with zero attached hydrogens (tertiary/aromatic N) is 2. The Labute approximate surface area is 179 Å². The van der Waals surface area contributed by atoms with E-state index in [2.05, 4.69) is 15.9 Å². The van der Waals surface area contributed by atoms with Crippen molar-refractivity contribution in [2.24, 2.45) is 0 Å². The number of benzene rings is 2. The number of rotatable bonds is 7. The van der Waals surface area contributed by atoms with E-state index in [-0.39, 0.29) is 11.4 Å². The largest absolute Gasteiger partial charge is 0.503 e. The van der Waals surface area contributed by atoms with E-state index in [4.69, 9.17) is 0 Å². The zero-order valence-corrected chi connectivity index (χ0v) is 18.0. The van der Waals surface area contributed by atoms with E-state index in [1.54, 1.807) is 11.0 Å². The third-order valence-corrected chi connectivity index (χ3v) is 5.24. The normalized spacial score (nSPS) is 17.0. The summed E-state index contributed by atoms with van der Waals surface area (Å²) >= 11 is 3.45. The lowest BCUT2D eigenvalue weighted by molar-refractivity contribution is -0.129. The highest BCUT2D eigenvalue weighted by molar-refractivity contribution is 9.10. The molecule has 0 aromatic heterocycles. The molecular formula is C23H23BrN2O3. The third kappa shape index (κ3) is 4.83. The van der Waals surface area contributed by atoms with Gasteiger partial charge in [-0.1, -0.05) is 64.5 Å². The lowest BCUT2D eigenvalue weighted by atomic mass is 9.95. The van der Waals surface area contributed by atoms with Crippen LogP contribution in [0.25, 0.3) is 6.08 Å². The maximum Gasteiger partial charge on any atom is 0.290 e. The van der Waals surface area contributed by atoms with Gasteiger partial charge in [0.1, 0.15) is 0 Å². The Balaban J connectivity index is 1.98. The average molecular weight is 455 g/mol. The van der Waals surface area contributed by atoms with Gasteiger partial charge in [-0.25, -0.2) is 0 Å². The molecule has 1 atom stereocenters. The predicted molar refractivity (Wildman–Crippen MR) is 117 cm³/mol. The molecule has 150 valence electrons. The van der Waals surface area contributed by atoms with Crippen molar-refractivity contribution in [3.63, 3.8) is 0 Å². The summed E-state index contributed by atoms with van der Waals surface area (Å²) in [5.41, 5.74) is 1.75. The van der Waals surface area contributed by atoms with Crippen LogP contribution >= 0.6 is 15.9 Å². The van der Waals surface area contributed by atoms with E-state index >= 15 is 0 Å². The van der Waals surface area contributed by atoms with Gasteiger partial charge in [-0.05, 0) is 43.4 Å². The monoisotopic (exact) mass is 454 g/mol. The van der Waals surface area contributed by atoms with Gasteiger partial charge in [0, 0.05) is 17.6 Å². The summed E-state index contributed by atoms with van der Waals surface area (Å²) < 4.78 is 0.841. The number of hydrogen-bond donors (Lipinski definition) is 1. The molecule has 1 amide bonds. The van der Waals surface area contributed by atoms with Gasteiger partial charge in [-0.3, -0.25) is 9.59 Å². The van der Waals surface area contributed by atoms with Crippen LogP contribution < -0.4 is 0 Å². The topological polar surface area (TPSA) is 60.9 Å². The maximum absolute atomic E-state index is 13.0. The summed E-state index contributed by atoms with van der Waals surface area (Å²) in [6, 6.07) is 16.3. The lowest BCUT2D eigenvalue weighted by Crippen LogP contribution is -2.36. The van der Waals surface area contributed by atoms with Crippen LogP contribution in [-0.4, -0.2) is 53.8 Å². The van der Waals surface area contributed by atoms with E-state index in [1.807, 2.05) is 73.6 Å². The van der Waals surface area contributed by atoms with E-state index < -0.39 is 17.7 Å². The Hall–Kier alpha value is -2.70. The molecule has 1 unspecified atom stereocenters. The number of aliphatic hydroxyl groups excluding tert-OH is 1. The van der Waals surface area contributed by atoms with Crippen molar-refractivity contribution < 1.29 is 14.7 Å². The lowest BCUT2D eigenvalue weighted by Gasteiger charge is -2.28. The van der Waals surface area contributed by atoms with Crippen molar-refractivity contribution >= 4 is 33.7 Å². The van der Waals surface area contributed by atoms with Gasteiger partial charge >= 0.3 is 0 Å². The van der Waals surface area contributed by atoms with Gasteiger partial charge in [-0.2, -0.15) is 0 Å². The van der Waals surface area contributed by atoms with Gasteiger partial charge in [0.2, 0.25) is 0 Å². The summed E-state index contributed by atoms with van der Waals surface area (Å²) in [6.45, 7) is 1.01. The Kier molecular flexibility index (Phi) is 6.67. The van der Waals surface area contributed by atoms with E-state index in [0.717, 1.165) is 15.6 Å². The zero-order valence-electron chi connectivity index (χ0n) is 16.4. The molecule has 2 aromatic carbocycles. The van der Waals surface area contributed by atoms with Gasteiger partial charge in [0.05, 0.1) is 11.6 Å². The number of likely N-dealkylation sites (N-methyl/N-ethyl adjacent to an activating group) is 1. The van der Waals surface area contributed by atoms with Crippen LogP contribution in [0.5, 0.6) is 0 Å². The van der Waals surface area contributed by atoms with Crippen molar-refractivity contribution in [3.05, 3.63) is 87.6 Å². The first-order chi connectivity index (χ1) is 13.9. The highest BCUT2D eigenvalue weighted by Crippen LogP contribution is 2.38. The second-order valence-electron chi connectivity index (χ2n) is 7.13. The van der Waals surface area contributed by atoms with E-state index in [0.29, 0.717) is 13.1 Å². The number of hydrogen-bond acceptors (Lipinski definition) is 4. The summed E-state index contributed by atoms with van der Waals surface area (Å²) in [6.07, 6.45) is 3.10. The highest BCUT2D eigenvalue weighted by atomic mass is 79.9. The average Bonchev–Trinajstić information content (AvgIpc) is 2.96. The quantitative estimate of drug-likeness (QED) is 0.642. The number of allylic oxidation sites excluding steroid dienone is 1. The molecule has 0 bridgehead atoms. The first kappa shape index (κ1) is 21.0. The molecule has 0 saturated carbocycles. The van der Waals surface area contributed by atoms with Crippen molar-refractivity contribution in [1.29, 1.82) is 0 Å². The fourth-order valence-electron chi connectivity index (χ4n) is 3.29.